The first-order chi connectivity index (χ1) is 12.4. The third-order valence-corrected chi connectivity index (χ3v) is 6.56. The quantitative estimate of drug-likeness (QED) is 0.788. The minimum Gasteiger partial charge on any atom is -0.299 e. The summed E-state index contributed by atoms with van der Waals surface area (Å²) in [6.45, 7) is 3.97. The molecule has 1 fully saturated rings. The maximum atomic E-state index is 12.6. The molecule has 1 aliphatic heterocycles. The Morgan fingerprint density at radius 3 is 2.65 bits per heavy atom. The summed E-state index contributed by atoms with van der Waals surface area (Å²) in [7, 11) is -3.04. The molecular formula is C19H25N3O3S. The van der Waals surface area contributed by atoms with E-state index in [4.69, 9.17) is 0 Å². The Balaban J connectivity index is 1.78. The Bertz CT molecular complexity index is 953. The number of aromatic amines is 1. The summed E-state index contributed by atoms with van der Waals surface area (Å²) in [4.78, 5) is 17.0. The van der Waals surface area contributed by atoms with Gasteiger partial charge >= 0.3 is 0 Å². The monoisotopic (exact) mass is 375 g/mol. The normalized spacial score (nSPS) is 19.4. The Labute approximate surface area is 153 Å². The van der Waals surface area contributed by atoms with Gasteiger partial charge in [-0.05, 0) is 43.9 Å². The van der Waals surface area contributed by atoms with Crippen molar-refractivity contribution in [1.82, 2.24) is 9.78 Å². The number of rotatable bonds is 6. The van der Waals surface area contributed by atoms with Crippen LogP contribution in [0.2, 0.25) is 0 Å². The van der Waals surface area contributed by atoms with Gasteiger partial charge in [-0.25, -0.2) is 13.1 Å². The summed E-state index contributed by atoms with van der Waals surface area (Å²) in [6, 6.07) is 7.71. The highest BCUT2D eigenvalue weighted by molar-refractivity contribution is 7.91. The lowest BCUT2D eigenvalue weighted by Crippen LogP contribution is -2.25. The average Bonchev–Trinajstić information content (AvgIpc) is 3.11. The predicted molar refractivity (Wildman–Crippen MR) is 104 cm³/mol. The molecule has 1 aromatic heterocycles. The first-order valence-electron chi connectivity index (χ1n) is 9.04. The topological polar surface area (TPSA) is 84.3 Å². The Morgan fingerprint density at radius 1 is 1.31 bits per heavy atom. The molecule has 0 unspecified atom stereocenters. The summed E-state index contributed by atoms with van der Waals surface area (Å²) in [5.41, 5.74) is 3.04. The van der Waals surface area contributed by atoms with Gasteiger partial charge in [0.2, 0.25) is 0 Å². The van der Waals surface area contributed by atoms with Crippen LogP contribution >= 0.6 is 0 Å². The number of benzene rings is 1. The van der Waals surface area contributed by atoms with E-state index in [9.17, 15) is 13.2 Å². The number of hydrogen-bond donors (Lipinski definition) is 1. The molecule has 0 bridgehead atoms. The minimum atomic E-state index is -3.04. The summed E-state index contributed by atoms with van der Waals surface area (Å²) in [6.07, 6.45) is 5.43. The van der Waals surface area contributed by atoms with E-state index in [1.807, 2.05) is 12.1 Å². The summed E-state index contributed by atoms with van der Waals surface area (Å²) in [5.74, 6) is 0.151. The van der Waals surface area contributed by atoms with Gasteiger partial charge in [-0.3, -0.25) is 14.9 Å². The van der Waals surface area contributed by atoms with Gasteiger partial charge in [0.25, 0.3) is 5.56 Å². The molecule has 7 heteroatoms. The molecule has 0 amide bonds. The fraction of sp³-hybridized carbons (Fsp3) is 0.474. The fourth-order valence-electron chi connectivity index (χ4n) is 3.24. The second-order valence-corrected chi connectivity index (χ2v) is 9.14. The number of unbranched alkanes of at least 4 members (excludes halogenated alkanes) is 1. The van der Waals surface area contributed by atoms with E-state index in [0.717, 1.165) is 12.1 Å². The lowest BCUT2D eigenvalue weighted by Gasteiger charge is -2.07. The molecule has 1 N–H and O–H groups in total. The van der Waals surface area contributed by atoms with Gasteiger partial charge in [0.05, 0.1) is 28.8 Å². The summed E-state index contributed by atoms with van der Waals surface area (Å²) >= 11 is 0. The number of nitrogens with one attached hydrogen (secondary N) is 1. The molecule has 1 saturated heterocycles. The van der Waals surface area contributed by atoms with E-state index in [1.54, 1.807) is 13.1 Å². The van der Waals surface area contributed by atoms with Crippen molar-refractivity contribution in [2.75, 3.05) is 11.5 Å². The fourth-order valence-corrected chi connectivity index (χ4v) is 4.94. The molecule has 6 nitrogen and oxygen atoms in total. The number of aliphatic imine (C=N–C) groups is 1. The number of aryl methyl sites for hydroxylation is 2. The van der Waals surface area contributed by atoms with Gasteiger partial charge < -0.3 is 0 Å². The van der Waals surface area contributed by atoms with E-state index in [1.165, 1.54) is 23.1 Å². The van der Waals surface area contributed by atoms with Gasteiger partial charge in [-0.15, -0.1) is 0 Å². The van der Waals surface area contributed by atoms with Gasteiger partial charge in [0, 0.05) is 11.9 Å². The van der Waals surface area contributed by atoms with Crippen LogP contribution in [0.15, 0.2) is 34.1 Å². The van der Waals surface area contributed by atoms with Crippen molar-refractivity contribution in [3.05, 3.63) is 51.4 Å². The third kappa shape index (κ3) is 4.15. The Hall–Kier alpha value is -2.15. The van der Waals surface area contributed by atoms with E-state index in [-0.39, 0.29) is 23.1 Å². The smallest absolute Gasteiger partial charge is 0.275 e. The van der Waals surface area contributed by atoms with Crippen molar-refractivity contribution in [3.8, 4) is 0 Å². The van der Waals surface area contributed by atoms with E-state index < -0.39 is 9.84 Å². The van der Waals surface area contributed by atoms with Crippen LogP contribution in [0, 0.1) is 6.92 Å². The third-order valence-electron chi connectivity index (χ3n) is 4.81. The molecule has 2 aromatic rings. The maximum Gasteiger partial charge on any atom is 0.275 e. The average molecular weight is 375 g/mol. The van der Waals surface area contributed by atoms with Crippen LogP contribution in [0.3, 0.4) is 0 Å². The van der Waals surface area contributed by atoms with Crippen molar-refractivity contribution < 1.29 is 8.42 Å². The molecule has 2 heterocycles. The SMILES string of the molecule is CCCCc1ccc(N=Cc2c(C)[nH]n([C@@H]3CCS(=O)(=O)C3)c2=O)cc1. The molecule has 140 valence electrons. The van der Waals surface area contributed by atoms with Crippen molar-refractivity contribution in [2.24, 2.45) is 4.99 Å². The zero-order valence-electron chi connectivity index (χ0n) is 15.2. The molecular weight excluding hydrogens is 350 g/mol. The standard InChI is InChI=1S/C19H25N3O3S/c1-3-4-5-15-6-8-16(9-7-15)20-12-18-14(2)21-22(19(18)23)17-10-11-26(24,25)13-17/h6-9,12,17,21H,3-5,10-11,13H2,1-2H3/t17-/m1/s1. The van der Waals surface area contributed by atoms with Crippen molar-refractivity contribution in [1.29, 1.82) is 0 Å². The highest BCUT2D eigenvalue weighted by Gasteiger charge is 2.31. The van der Waals surface area contributed by atoms with E-state index >= 15 is 0 Å². The zero-order valence-corrected chi connectivity index (χ0v) is 16.1. The van der Waals surface area contributed by atoms with E-state index in [2.05, 4.69) is 29.1 Å². The molecule has 1 aromatic carbocycles. The molecule has 1 atom stereocenters. The molecule has 0 spiro atoms. The van der Waals surface area contributed by atoms with Crippen molar-refractivity contribution in [3.63, 3.8) is 0 Å². The van der Waals surface area contributed by atoms with Crippen LogP contribution in [-0.4, -0.2) is 35.9 Å². The number of hydrogen-bond acceptors (Lipinski definition) is 4. The highest BCUT2D eigenvalue weighted by atomic mass is 32.2. The van der Waals surface area contributed by atoms with Gasteiger partial charge in [-0.1, -0.05) is 25.5 Å². The summed E-state index contributed by atoms with van der Waals surface area (Å²) in [5, 5.41) is 3.01. The van der Waals surface area contributed by atoms with Crippen LogP contribution in [-0.2, 0) is 16.3 Å². The Kier molecular flexibility index (Phi) is 5.46. The Morgan fingerprint density at radius 2 is 2.04 bits per heavy atom. The van der Waals surface area contributed by atoms with Crippen LogP contribution in [0.1, 0.15) is 49.0 Å². The number of aromatic nitrogens is 2. The van der Waals surface area contributed by atoms with Gasteiger partial charge in [0.15, 0.2) is 9.84 Å². The number of H-pyrrole nitrogens is 1. The molecule has 0 aliphatic carbocycles. The van der Waals surface area contributed by atoms with Crippen molar-refractivity contribution in [2.45, 2.75) is 45.6 Å². The maximum absolute atomic E-state index is 12.6. The molecule has 1 aliphatic rings. The first-order valence-corrected chi connectivity index (χ1v) is 10.9. The lowest BCUT2D eigenvalue weighted by atomic mass is 10.1. The number of sulfone groups is 1. The van der Waals surface area contributed by atoms with Gasteiger partial charge in [0.1, 0.15) is 0 Å². The summed E-state index contributed by atoms with van der Waals surface area (Å²) < 4.78 is 24.8. The molecule has 0 radical (unpaired) electrons. The first kappa shape index (κ1) is 18.6. The minimum absolute atomic E-state index is 0.0165. The highest BCUT2D eigenvalue weighted by Crippen LogP contribution is 2.22. The van der Waals surface area contributed by atoms with Crippen molar-refractivity contribution >= 4 is 21.7 Å². The lowest BCUT2D eigenvalue weighted by molar-refractivity contribution is 0.483. The largest absolute Gasteiger partial charge is 0.299 e. The molecule has 0 saturated carbocycles. The van der Waals surface area contributed by atoms with Crippen LogP contribution in [0.5, 0.6) is 0 Å². The predicted octanol–water partition coefficient (Wildman–Crippen LogP) is 2.94. The number of nitrogens with zero attached hydrogens (tertiary/aromatic N) is 2. The zero-order chi connectivity index (χ0) is 18.7. The van der Waals surface area contributed by atoms with E-state index in [0.29, 0.717) is 17.7 Å². The van der Waals surface area contributed by atoms with Crippen LogP contribution in [0.4, 0.5) is 5.69 Å². The second-order valence-electron chi connectivity index (χ2n) is 6.91. The molecule has 26 heavy (non-hydrogen) atoms. The second kappa shape index (κ2) is 7.61. The van der Waals surface area contributed by atoms with Gasteiger partial charge in [-0.2, -0.15) is 0 Å². The van der Waals surface area contributed by atoms with Crippen LogP contribution in [0.25, 0.3) is 0 Å². The molecule has 3 rings (SSSR count). The van der Waals surface area contributed by atoms with Crippen LogP contribution < -0.4 is 5.56 Å².